The lowest BCUT2D eigenvalue weighted by molar-refractivity contribution is 0.340. The Morgan fingerprint density at radius 3 is 1.48 bits per heavy atom. The summed E-state index contributed by atoms with van der Waals surface area (Å²) in [6, 6.07) is 27.8. The third-order valence-electron chi connectivity index (χ3n) is 12.2. The zero-order chi connectivity index (χ0) is 42.7. The van der Waals surface area contributed by atoms with Crippen LogP contribution in [0.1, 0.15) is 88.2 Å². The van der Waals surface area contributed by atoms with Crippen molar-refractivity contribution in [2.24, 2.45) is 0 Å². The molecule has 0 spiro atoms. The Hall–Kier alpha value is -6.75. The normalized spacial score (nSPS) is 15.6. The van der Waals surface area contributed by atoms with Gasteiger partial charge in [0.1, 0.15) is 40.2 Å². The van der Waals surface area contributed by atoms with Gasteiger partial charge in [-0.2, -0.15) is 0 Å². The molecule has 8 aromatic rings. The molecule has 0 fully saturated rings. The first-order chi connectivity index (χ1) is 30.2. The molecule has 4 heterocycles. The van der Waals surface area contributed by atoms with E-state index in [4.69, 9.17) is 18.5 Å². The van der Waals surface area contributed by atoms with Crippen LogP contribution in [-0.4, -0.2) is 43.6 Å². The van der Waals surface area contributed by atoms with Crippen LogP contribution in [0.25, 0.3) is 33.9 Å². The topological polar surface area (TPSA) is 106 Å². The zero-order valence-corrected chi connectivity index (χ0v) is 35.9. The first kappa shape index (κ1) is 40.6. The molecule has 62 heavy (non-hydrogen) atoms. The van der Waals surface area contributed by atoms with Gasteiger partial charge in [-0.15, -0.1) is 0 Å². The van der Waals surface area contributed by atoms with Crippen LogP contribution >= 0.6 is 0 Å². The minimum atomic E-state index is -0.210. The maximum atomic E-state index is 13.3. The van der Waals surface area contributed by atoms with Crippen molar-refractivity contribution in [1.29, 1.82) is 0 Å². The first-order valence-electron chi connectivity index (χ1n) is 21.4. The molecule has 0 bridgehead atoms. The van der Waals surface area contributed by atoms with Crippen LogP contribution in [0, 0.1) is 26.6 Å². The standard InChI is InChI=1S/C26H27N3O2.C25H24FN3O2/c1-17-7-9-19(10-8-17)13-21-5-4-6-22-25(28-31-26(21)22)20-11-12-23(24(14-20)30-3)29-15-18(2)27-16-29;1-16-14-29(15-27-16)22-11-8-18(13-23(22)30-2)24-21-5-3-4-19(25(21)31-28-24)12-17-6-9-20(26)10-7-17/h7-12,14-16,21H,4-6,13H2,1-3H3;6-11,13-15,19H,3-5,12H2,1-2H3. The van der Waals surface area contributed by atoms with Gasteiger partial charge >= 0.3 is 0 Å². The molecule has 0 aliphatic heterocycles. The molecule has 4 aromatic heterocycles. The molecule has 4 aromatic carbocycles. The van der Waals surface area contributed by atoms with E-state index in [-0.39, 0.29) is 11.7 Å². The molecule has 10 rings (SSSR count). The summed E-state index contributed by atoms with van der Waals surface area (Å²) in [7, 11) is 3.37. The molecule has 2 unspecified atom stereocenters. The van der Waals surface area contributed by atoms with Gasteiger partial charge < -0.3 is 27.7 Å². The number of hydrogen-bond donors (Lipinski definition) is 0. The lowest BCUT2D eigenvalue weighted by atomic mass is 9.83. The molecule has 0 saturated carbocycles. The van der Waals surface area contributed by atoms with Crippen LogP contribution in [0.3, 0.4) is 0 Å². The third kappa shape index (κ3) is 8.44. The van der Waals surface area contributed by atoms with Crippen molar-refractivity contribution in [3.8, 4) is 45.4 Å². The molecule has 0 radical (unpaired) electrons. The lowest BCUT2D eigenvalue weighted by Crippen LogP contribution is -2.11. The van der Waals surface area contributed by atoms with Crippen LogP contribution in [0.15, 0.2) is 119 Å². The Labute approximate surface area is 361 Å². The van der Waals surface area contributed by atoms with E-state index in [9.17, 15) is 4.39 Å². The fourth-order valence-electron chi connectivity index (χ4n) is 9.02. The predicted molar refractivity (Wildman–Crippen MR) is 237 cm³/mol. The van der Waals surface area contributed by atoms with Crippen LogP contribution in [-0.2, 0) is 25.7 Å². The summed E-state index contributed by atoms with van der Waals surface area (Å²) >= 11 is 0. The van der Waals surface area contributed by atoms with Crippen LogP contribution in [0.2, 0.25) is 0 Å². The lowest BCUT2D eigenvalue weighted by Gasteiger charge is -2.21. The molecule has 10 nitrogen and oxygen atoms in total. The molecule has 0 amide bonds. The van der Waals surface area contributed by atoms with E-state index >= 15 is 0 Å². The van der Waals surface area contributed by atoms with Gasteiger partial charge in [-0.05, 0) is 120 Å². The van der Waals surface area contributed by atoms with E-state index in [2.05, 4.69) is 69.7 Å². The first-order valence-corrected chi connectivity index (χ1v) is 21.4. The second-order valence-corrected chi connectivity index (χ2v) is 16.6. The van der Waals surface area contributed by atoms with Crippen LogP contribution < -0.4 is 9.47 Å². The van der Waals surface area contributed by atoms with E-state index in [0.29, 0.717) is 5.92 Å². The van der Waals surface area contributed by atoms with Gasteiger partial charge in [0.25, 0.3) is 0 Å². The monoisotopic (exact) mass is 830 g/mol. The molecule has 316 valence electrons. The average molecular weight is 831 g/mol. The number of imidazole rings is 2. The summed E-state index contributed by atoms with van der Waals surface area (Å²) in [6.45, 7) is 6.06. The molecule has 2 aliphatic rings. The Balaban J connectivity index is 0.000000158. The van der Waals surface area contributed by atoms with Gasteiger partial charge in [0.15, 0.2) is 0 Å². The maximum Gasteiger partial charge on any atom is 0.143 e. The molecular weight excluding hydrogens is 780 g/mol. The zero-order valence-electron chi connectivity index (χ0n) is 35.9. The van der Waals surface area contributed by atoms with Crippen molar-refractivity contribution in [2.75, 3.05) is 14.2 Å². The minimum Gasteiger partial charge on any atom is -0.495 e. The van der Waals surface area contributed by atoms with E-state index in [1.54, 1.807) is 26.9 Å². The number of aromatic nitrogens is 6. The molecule has 11 heteroatoms. The fourth-order valence-corrected chi connectivity index (χ4v) is 9.02. The number of aryl methyl sites for hydroxylation is 3. The fraction of sp³-hybridized carbons (Fsp3) is 0.294. The van der Waals surface area contributed by atoms with E-state index in [1.807, 2.05) is 65.7 Å². The molecule has 2 atom stereocenters. The molecule has 0 N–H and O–H groups in total. The Bertz CT molecular complexity index is 2610. The van der Waals surface area contributed by atoms with Gasteiger partial charge in [-0.25, -0.2) is 14.4 Å². The largest absolute Gasteiger partial charge is 0.495 e. The smallest absolute Gasteiger partial charge is 0.143 e. The second-order valence-electron chi connectivity index (χ2n) is 16.6. The molecular formula is C51H51FN6O4. The number of ether oxygens (including phenoxy) is 2. The van der Waals surface area contributed by atoms with Crippen molar-refractivity contribution in [3.05, 3.63) is 167 Å². The van der Waals surface area contributed by atoms with Crippen molar-refractivity contribution < 1.29 is 22.9 Å². The van der Waals surface area contributed by atoms with Crippen molar-refractivity contribution in [2.45, 2.75) is 84.0 Å². The SMILES string of the molecule is COc1cc(-c2noc3c2CCCC3Cc2ccc(C)cc2)ccc1-n1cnc(C)c1.COc1cc(-c2noc3c2CCCC3Cc2ccc(F)cc2)ccc1-n1cnc(C)c1. The Morgan fingerprint density at radius 1 is 0.613 bits per heavy atom. The van der Waals surface area contributed by atoms with E-state index in [0.717, 1.165) is 125 Å². The number of methoxy groups -OCH3 is 2. The van der Waals surface area contributed by atoms with Crippen LogP contribution in [0.4, 0.5) is 4.39 Å². The highest BCUT2D eigenvalue weighted by atomic mass is 19.1. The Morgan fingerprint density at radius 2 is 1.06 bits per heavy atom. The number of hydrogen-bond acceptors (Lipinski definition) is 8. The quantitative estimate of drug-likeness (QED) is 0.134. The van der Waals surface area contributed by atoms with Gasteiger partial charge in [-0.3, -0.25) is 0 Å². The van der Waals surface area contributed by atoms with Crippen molar-refractivity contribution in [3.63, 3.8) is 0 Å². The van der Waals surface area contributed by atoms with Crippen molar-refractivity contribution >= 4 is 0 Å². The van der Waals surface area contributed by atoms with E-state index in [1.165, 1.54) is 34.4 Å². The summed E-state index contributed by atoms with van der Waals surface area (Å²) in [5, 5.41) is 8.95. The third-order valence-corrected chi connectivity index (χ3v) is 12.2. The van der Waals surface area contributed by atoms with Crippen LogP contribution in [0.5, 0.6) is 11.5 Å². The molecule has 2 aliphatic carbocycles. The Kier molecular flexibility index (Phi) is 11.6. The highest BCUT2D eigenvalue weighted by molar-refractivity contribution is 5.70. The van der Waals surface area contributed by atoms with Gasteiger partial charge in [0.2, 0.25) is 0 Å². The predicted octanol–water partition coefficient (Wildman–Crippen LogP) is 11.5. The number of halogens is 1. The highest BCUT2D eigenvalue weighted by Crippen LogP contribution is 2.42. The van der Waals surface area contributed by atoms with Gasteiger partial charge in [0, 0.05) is 46.5 Å². The molecule has 0 saturated heterocycles. The maximum absolute atomic E-state index is 13.3. The summed E-state index contributed by atoms with van der Waals surface area (Å²) in [6.07, 6.45) is 15.7. The minimum absolute atomic E-state index is 0.210. The number of benzene rings is 4. The number of fused-ring (bicyclic) bond motifs is 2. The second kappa shape index (κ2) is 17.7. The number of nitrogens with zero attached hydrogens (tertiary/aromatic N) is 6. The average Bonchev–Trinajstić information content (AvgIpc) is 4.13. The number of rotatable bonds is 10. The van der Waals surface area contributed by atoms with Gasteiger partial charge in [-0.1, -0.05) is 64.4 Å². The van der Waals surface area contributed by atoms with Gasteiger partial charge in [0.05, 0.1) is 49.6 Å². The van der Waals surface area contributed by atoms with Crippen molar-refractivity contribution in [1.82, 2.24) is 29.4 Å². The van der Waals surface area contributed by atoms with E-state index < -0.39 is 0 Å². The summed E-state index contributed by atoms with van der Waals surface area (Å²) in [5.41, 5.74) is 13.8. The summed E-state index contributed by atoms with van der Waals surface area (Å²) in [5.74, 6) is 3.98. The summed E-state index contributed by atoms with van der Waals surface area (Å²) < 4.78 is 40.3. The summed E-state index contributed by atoms with van der Waals surface area (Å²) in [4.78, 5) is 8.63. The highest BCUT2D eigenvalue weighted by Gasteiger charge is 2.30.